The van der Waals surface area contributed by atoms with Gasteiger partial charge in [0.05, 0.1) is 11.4 Å². The van der Waals surface area contributed by atoms with E-state index in [2.05, 4.69) is 9.97 Å². The van der Waals surface area contributed by atoms with Crippen LogP contribution in [0.1, 0.15) is 0 Å². The Morgan fingerprint density at radius 1 is 1.14 bits per heavy atom. The van der Waals surface area contributed by atoms with Gasteiger partial charge in [-0.1, -0.05) is 29.8 Å². The number of aromatic amines is 1. The largest absolute Gasteiger partial charge is 0.353 e. The molecule has 2 aliphatic rings. The maximum atomic E-state index is 5.82. The molecule has 0 unspecified atom stereocenters. The van der Waals surface area contributed by atoms with Crippen LogP contribution in [0.3, 0.4) is 0 Å². The first-order valence-electron chi connectivity index (χ1n) is 4.37. The molecule has 0 saturated heterocycles. The number of aromatic nitrogens is 2. The molecule has 1 aromatic carbocycles. The van der Waals surface area contributed by atoms with Crippen molar-refractivity contribution in [1.82, 2.24) is 9.97 Å². The molecule has 68 valence electrons. The molecule has 14 heavy (non-hydrogen) atoms. The second kappa shape index (κ2) is 2.72. The molecule has 2 heterocycles. The zero-order valence-corrected chi connectivity index (χ0v) is 8.05. The smallest absolute Gasteiger partial charge is 0.131 e. The van der Waals surface area contributed by atoms with Gasteiger partial charge in [-0.05, 0) is 12.1 Å². The van der Waals surface area contributed by atoms with E-state index >= 15 is 0 Å². The molecule has 0 spiro atoms. The van der Waals surface area contributed by atoms with Gasteiger partial charge in [-0.3, -0.25) is 0 Å². The van der Waals surface area contributed by atoms with Gasteiger partial charge >= 0.3 is 0 Å². The van der Waals surface area contributed by atoms with Crippen molar-refractivity contribution in [2.24, 2.45) is 0 Å². The van der Waals surface area contributed by atoms with Crippen molar-refractivity contribution in [2.75, 3.05) is 0 Å². The van der Waals surface area contributed by atoms with Gasteiger partial charge in [-0.2, -0.15) is 0 Å². The Kier molecular flexibility index (Phi) is 1.52. The molecule has 0 bridgehead atoms. The van der Waals surface area contributed by atoms with Gasteiger partial charge in [0, 0.05) is 17.0 Å². The van der Waals surface area contributed by atoms with Gasteiger partial charge in [-0.15, -0.1) is 0 Å². The lowest BCUT2D eigenvalue weighted by Crippen LogP contribution is -1.84. The zero-order chi connectivity index (χ0) is 9.54. The quantitative estimate of drug-likeness (QED) is 0.595. The maximum Gasteiger partial charge on any atom is 0.131 e. The summed E-state index contributed by atoms with van der Waals surface area (Å²) in [7, 11) is 0. The molecule has 1 N–H and O–H groups in total. The minimum atomic E-state index is 0.534. The van der Waals surface area contributed by atoms with Gasteiger partial charge in [0.25, 0.3) is 0 Å². The van der Waals surface area contributed by atoms with Crippen molar-refractivity contribution < 1.29 is 0 Å². The molecular weight excluding hydrogens is 196 g/mol. The molecular formula is C11H7ClN2. The van der Waals surface area contributed by atoms with Crippen LogP contribution in [-0.2, 0) is 0 Å². The second-order valence-electron chi connectivity index (χ2n) is 3.23. The molecule has 0 aromatic heterocycles. The number of benzene rings is 1. The number of nitrogens with zero attached hydrogens (tertiary/aromatic N) is 1. The highest BCUT2D eigenvalue weighted by molar-refractivity contribution is 6.30. The SMILES string of the molecule is Clc1cc2[nH]c3ccccc3cc-2n1. The van der Waals surface area contributed by atoms with Crippen molar-refractivity contribution >= 4 is 22.5 Å². The van der Waals surface area contributed by atoms with Crippen LogP contribution >= 0.6 is 11.6 Å². The van der Waals surface area contributed by atoms with Crippen molar-refractivity contribution in [3.8, 4) is 11.4 Å². The van der Waals surface area contributed by atoms with Crippen molar-refractivity contribution in [3.05, 3.63) is 41.6 Å². The normalized spacial score (nSPS) is 11.2. The monoisotopic (exact) mass is 202 g/mol. The summed E-state index contributed by atoms with van der Waals surface area (Å²) in [6.45, 7) is 0. The number of halogens is 1. The number of pyridine rings is 1. The van der Waals surface area contributed by atoms with Crippen molar-refractivity contribution in [2.45, 2.75) is 0 Å². The first-order valence-corrected chi connectivity index (χ1v) is 4.75. The molecule has 0 radical (unpaired) electrons. The average molecular weight is 203 g/mol. The van der Waals surface area contributed by atoms with E-state index in [0.29, 0.717) is 5.15 Å². The van der Waals surface area contributed by atoms with Gasteiger partial charge in [0.15, 0.2) is 0 Å². The summed E-state index contributed by atoms with van der Waals surface area (Å²) in [4.78, 5) is 7.48. The van der Waals surface area contributed by atoms with Crippen LogP contribution in [-0.4, -0.2) is 9.97 Å². The number of fused-ring (bicyclic) bond motifs is 2. The molecule has 3 rings (SSSR count). The lowest BCUT2D eigenvalue weighted by molar-refractivity contribution is 1.35. The number of hydrogen-bond acceptors (Lipinski definition) is 1. The fourth-order valence-electron chi connectivity index (χ4n) is 1.64. The Bertz CT molecular complexity index is 521. The van der Waals surface area contributed by atoms with Crippen molar-refractivity contribution in [3.63, 3.8) is 0 Å². The summed E-state index contributed by atoms with van der Waals surface area (Å²) in [5.74, 6) is 0. The Labute approximate surface area is 85.9 Å². The fourth-order valence-corrected chi connectivity index (χ4v) is 1.84. The number of hydrogen-bond donors (Lipinski definition) is 1. The number of nitrogens with one attached hydrogen (secondary N) is 1. The van der Waals surface area contributed by atoms with Crippen LogP contribution in [0.15, 0.2) is 36.4 Å². The van der Waals surface area contributed by atoms with Gasteiger partial charge < -0.3 is 4.98 Å². The summed E-state index contributed by atoms with van der Waals surface area (Å²) in [5.41, 5.74) is 2.99. The van der Waals surface area contributed by atoms with E-state index < -0.39 is 0 Å². The summed E-state index contributed by atoms with van der Waals surface area (Å²) >= 11 is 5.82. The summed E-state index contributed by atoms with van der Waals surface area (Å²) in [6.07, 6.45) is 0. The molecule has 0 atom stereocenters. The highest BCUT2D eigenvalue weighted by Crippen LogP contribution is 2.26. The number of H-pyrrole nitrogens is 1. The minimum absolute atomic E-state index is 0.534. The molecule has 0 amide bonds. The van der Waals surface area contributed by atoms with Crippen LogP contribution < -0.4 is 0 Å². The van der Waals surface area contributed by atoms with Gasteiger partial charge in [-0.25, -0.2) is 4.98 Å². The highest BCUT2D eigenvalue weighted by Gasteiger charge is 2.08. The Morgan fingerprint density at radius 2 is 2.00 bits per heavy atom. The zero-order valence-electron chi connectivity index (χ0n) is 7.29. The maximum absolute atomic E-state index is 5.82. The molecule has 2 aliphatic heterocycles. The van der Waals surface area contributed by atoms with E-state index in [4.69, 9.17) is 11.6 Å². The standard InChI is InChI=1S/C11H7ClN2/c12-11-6-10-9(14-11)5-7-3-1-2-4-8(7)13-10/h1-6,13H. The molecule has 2 nitrogen and oxygen atoms in total. The van der Waals surface area contributed by atoms with E-state index in [9.17, 15) is 0 Å². The third-order valence-corrected chi connectivity index (χ3v) is 2.48. The van der Waals surface area contributed by atoms with E-state index in [1.807, 2.05) is 36.4 Å². The fraction of sp³-hybridized carbons (Fsp3) is 0. The Hall–Kier alpha value is -1.54. The third-order valence-electron chi connectivity index (χ3n) is 2.29. The summed E-state index contributed by atoms with van der Waals surface area (Å²) in [5, 5.41) is 1.68. The van der Waals surface area contributed by atoms with Gasteiger partial charge in [0.1, 0.15) is 5.15 Å². The second-order valence-corrected chi connectivity index (χ2v) is 3.62. The van der Waals surface area contributed by atoms with Crippen molar-refractivity contribution in [1.29, 1.82) is 0 Å². The van der Waals surface area contributed by atoms with Crippen LogP contribution in [0.4, 0.5) is 0 Å². The summed E-state index contributed by atoms with van der Waals surface area (Å²) < 4.78 is 0. The lowest BCUT2D eigenvalue weighted by Gasteiger charge is -2.01. The van der Waals surface area contributed by atoms with E-state index in [1.165, 1.54) is 0 Å². The predicted molar refractivity (Wildman–Crippen MR) is 57.7 cm³/mol. The predicted octanol–water partition coefficient (Wildman–Crippen LogP) is 3.32. The Morgan fingerprint density at radius 3 is 2.93 bits per heavy atom. The molecule has 0 fully saturated rings. The van der Waals surface area contributed by atoms with E-state index in [1.54, 1.807) is 0 Å². The van der Waals surface area contributed by atoms with Crippen LogP contribution in [0.25, 0.3) is 22.3 Å². The van der Waals surface area contributed by atoms with Crippen LogP contribution in [0, 0.1) is 0 Å². The molecule has 0 aliphatic carbocycles. The number of rotatable bonds is 0. The summed E-state index contributed by atoms with van der Waals surface area (Å²) in [6, 6.07) is 12.0. The topological polar surface area (TPSA) is 28.7 Å². The van der Waals surface area contributed by atoms with E-state index in [-0.39, 0.29) is 0 Å². The lowest BCUT2D eigenvalue weighted by atomic mass is 10.1. The van der Waals surface area contributed by atoms with Crippen LogP contribution in [0.5, 0.6) is 0 Å². The number of para-hydroxylation sites is 1. The first-order chi connectivity index (χ1) is 6.83. The average Bonchev–Trinajstić information content (AvgIpc) is 2.53. The van der Waals surface area contributed by atoms with Gasteiger partial charge in [0.2, 0.25) is 0 Å². The molecule has 3 heteroatoms. The third kappa shape index (κ3) is 1.08. The highest BCUT2D eigenvalue weighted by atomic mass is 35.5. The van der Waals surface area contributed by atoms with E-state index in [0.717, 1.165) is 22.3 Å². The first kappa shape index (κ1) is 7.83. The molecule has 0 saturated carbocycles. The molecule has 1 aromatic rings. The van der Waals surface area contributed by atoms with Crippen LogP contribution in [0.2, 0.25) is 5.15 Å². The minimum Gasteiger partial charge on any atom is -0.353 e. The Balaban J connectivity index is 2.47.